The number of aryl methyl sites for hydroxylation is 1. The molecular formula is C30H37N3Na2O8S2. The van der Waals surface area contributed by atoms with Gasteiger partial charge in [-0.1, -0.05) is 82.6 Å². The minimum Gasteiger partial charge on any atom is -0.870 e. The van der Waals surface area contributed by atoms with Crippen molar-refractivity contribution >= 4 is 54.0 Å². The number of nitrogens with one attached hydrogen (secondary N) is 1. The van der Waals surface area contributed by atoms with Crippen molar-refractivity contribution in [3.8, 4) is 5.75 Å². The van der Waals surface area contributed by atoms with Crippen LogP contribution in [0.25, 0.3) is 10.8 Å². The van der Waals surface area contributed by atoms with Gasteiger partial charge in [0.15, 0.2) is 0 Å². The zero-order valence-corrected chi connectivity index (χ0v) is 32.0. The van der Waals surface area contributed by atoms with Crippen molar-refractivity contribution in [2.24, 2.45) is 10.2 Å². The maximum atomic E-state index is 13.4. The summed E-state index contributed by atoms with van der Waals surface area (Å²) < 4.78 is 69.0. The Morgan fingerprint density at radius 3 is 1.91 bits per heavy atom. The summed E-state index contributed by atoms with van der Waals surface area (Å²) >= 11 is 0. The van der Waals surface area contributed by atoms with Crippen molar-refractivity contribution < 1.29 is 95.0 Å². The molecule has 0 aliphatic heterocycles. The fourth-order valence-electron chi connectivity index (χ4n) is 4.82. The molecule has 3 rings (SSSR count). The number of fused-ring (bicyclic) bond motifs is 1. The van der Waals surface area contributed by atoms with Crippen molar-refractivity contribution in [1.82, 2.24) is 0 Å². The van der Waals surface area contributed by atoms with Gasteiger partial charge in [-0.2, -0.15) is 13.5 Å². The minimum absolute atomic E-state index is 0. The van der Waals surface area contributed by atoms with Gasteiger partial charge in [0.25, 0.3) is 10.1 Å². The molecule has 0 spiro atoms. The molecule has 0 heterocycles. The van der Waals surface area contributed by atoms with E-state index in [2.05, 4.69) is 22.5 Å². The Kier molecular flexibility index (Phi) is 18.0. The van der Waals surface area contributed by atoms with Crippen LogP contribution >= 0.6 is 0 Å². The molecule has 45 heavy (non-hydrogen) atoms. The Balaban J connectivity index is 0.00000506. The van der Waals surface area contributed by atoms with Crippen LogP contribution in [0.1, 0.15) is 83.6 Å². The van der Waals surface area contributed by atoms with Gasteiger partial charge in [-0.05, 0) is 59.5 Å². The number of carbonyl (C=O) groups excluding carboxylic acids is 1. The van der Waals surface area contributed by atoms with Gasteiger partial charge in [-0.3, -0.25) is 9.35 Å². The molecule has 0 atom stereocenters. The van der Waals surface area contributed by atoms with Crippen molar-refractivity contribution in [3.63, 3.8) is 0 Å². The van der Waals surface area contributed by atoms with Crippen molar-refractivity contribution in [2.75, 3.05) is 5.32 Å². The Bertz CT molecular complexity index is 1680. The molecule has 0 aromatic heterocycles. The molecule has 2 N–H and O–H groups in total. The molecule has 234 valence electrons. The fraction of sp³-hybridized carbons (Fsp3) is 0.433. The molecule has 15 heteroatoms. The predicted octanol–water partition coefficient (Wildman–Crippen LogP) is 0.909. The van der Waals surface area contributed by atoms with Crippen LogP contribution in [0.5, 0.6) is 5.75 Å². The number of amides is 1. The second-order valence-electron chi connectivity index (χ2n) is 10.5. The molecule has 0 saturated carbocycles. The van der Waals surface area contributed by atoms with Crippen LogP contribution in [0.15, 0.2) is 62.5 Å². The van der Waals surface area contributed by atoms with Gasteiger partial charge in [-0.15, -0.1) is 5.11 Å². The van der Waals surface area contributed by atoms with Gasteiger partial charge in [0.1, 0.15) is 15.0 Å². The molecule has 0 aliphatic rings. The van der Waals surface area contributed by atoms with Crippen LogP contribution in [0.2, 0.25) is 0 Å². The molecule has 11 nitrogen and oxygen atoms in total. The number of rotatable bonds is 16. The molecule has 1 amide bonds. The maximum Gasteiger partial charge on any atom is 1.00 e. The molecule has 3 aromatic rings. The number of hydrogen-bond donors (Lipinski definition) is 2. The van der Waals surface area contributed by atoms with Crippen molar-refractivity contribution in [2.45, 2.75) is 94.3 Å². The number of benzene rings is 3. The standard InChI is InChI=1S/C30H39N3O8S2.2Na/c1-3-4-5-6-7-8-9-10-11-12-13-22-14-16-24(17-15-22)32-33-29-27(43(39,40)41)19-23-18-25(42(36,37)38)20-26(31-21(2)34)28(23)30(29)35;;/h14-20,35H,3-13H2,1-2H3,(H,31,34)(H,36,37,38)(H,39,40,41);;/q;2*+1/p-2. The minimum atomic E-state index is -5.05. The van der Waals surface area contributed by atoms with Crippen LogP contribution in [-0.4, -0.2) is 31.8 Å². The topological polar surface area (TPSA) is 188 Å². The van der Waals surface area contributed by atoms with E-state index in [1.807, 2.05) is 12.1 Å². The van der Waals surface area contributed by atoms with Crippen LogP contribution in [0.3, 0.4) is 0 Å². The van der Waals surface area contributed by atoms with E-state index in [9.17, 15) is 35.8 Å². The zero-order valence-electron chi connectivity index (χ0n) is 26.3. The Morgan fingerprint density at radius 1 is 0.844 bits per heavy atom. The second-order valence-corrected chi connectivity index (χ2v) is 13.3. The number of hydrogen-bond acceptors (Lipinski definition) is 9. The van der Waals surface area contributed by atoms with Crippen LogP contribution in [-0.2, 0) is 31.5 Å². The molecule has 0 unspecified atom stereocenters. The van der Waals surface area contributed by atoms with E-state index in [0.29, 0.717) is 5.69 Å². The Hall–Kier alpha value is -1.39. The first-order valence-corrected chi connectivity index (χ1v) is 17.2. The Labute approximate surface area is 309 Å². The van der Waals surface area contributed by atoms with Gasteiger partial charge in [0.2, 0.25) is 5.91 Å². The maximum absolute atomic E-state index is 13.4. The number of unbranched alkanes of at least 4 members (excludes halogenated alkanes) is 9. The van der Waals surface area contributed by atoms with Crippen LogP contribution < -0.4 is 69.5 Å². The average Bonchev–Trinajstić information content (AvgIpc) is 2.92. The molecule has 0 radical (unpaired) electrons. The van der Waals surface area contributed by atoms with E-state index in [1.165, 1.54) is 51.4 Å². The quantitative estimate of drug-likeness (QED) is 0.0969. The first kappa shape index (κ1) is 41.6. The monoisotopic (exact) mass is 677 g/mol. The average molecular weight is 678 g/mol. The molecular weight excluding hydrogens is 640 g/mol. The summed E-state index contributed by atoms with van der Waals surface area (Å²) in [4.78, 5) is 9.99. The number of azo groups is 1. The SMILES string of the molecule is CCCCCCCCCCCCc1ccc(N=Nc2c(S(=O)(=O)O)cc3cc(S(=O)(=O)[O-])cc(NC(C)=O)c3c2[O-])cc1.[Na+].[Na+]. The molecule has 0 fully saturated rings. The first-order chi connectivity index (χ1) is 20.3. The second kappa shape index (κ2) is 19.4. The van der Waals surface area contributed by atoms with E-state index >= 15 is 0 Å². The summed E-state index contributed by atoms with van der Waals surface area (Å²) in [7, 11) is -10.1. The van der Waals surface area contributed by atoms with E-state index in [1.54, 1.807) is 12.1 Å². The third-order valence-electron chi connectivity index (χ3n) is 7.00. The molecule has 0 saturated heterocycles. The van der Waals surface area contributed by atoms with Crippen molar-refractivity contribution in [1.29, 1.82) is 0 Å². The summed E-state index contributed by atoms with van der Waals surface area (Å²) in [5, 5.41) is 22.9. The summed E-state index contributed by atoms with van der Waals surface area (Å²) in [5.41, 5.74) is 0.340. The third-order valence-corrected chi connectivity index (χ3v) is 8.68. The largest absolute Gasteiger partial charge is 1.00 e. The van der Waals surface area contributed by atoms with Gasteiger partial charge in [0.05, 0.1) is 16.3 Å². The van der Waals surface area contributed by atoms with E-state index < -0.39 is 47.4 Å². The van der Waals surface area contributed by atoms with Gasteiger partial charge < -0.3 is 15.0 Å². The van der Waals surface area contributed by atoms with Gasteiger partial charge in [-0.25, -0.2) is 8.42 Å². The molecule has 0 aliphatic carbocycles. The number of anilines is 1. The summed E-state index contributed by atoms with van der Waals surface area (Å²) in [5.74, 6) is -1.73. The van der Waals surface area contributed by atoms with E-state index in [-0.39, 0.29) is 75.6 Å². The van der Waals surface area contributed by atoms with E-state index in [4.69, 9.17) is 0 Å². The number of carbonyl (C=O) groups is 1. The predicted molar refractivity (Wildman–Crippen MR) is 162 cm³/mol. The normalized spacial score (nSPS) is 11.7. The summed E-state index contributed by atoms with van der Waals surface area (Å²) in [6, 6.07) is 9.45. The first-order valence-electron chi connectivity index (χ1n) is 14.3. The van der Waals surface area contributed by atoms with Crippen molar-refractivity contribution in [3.05, 3.63) is 48.0 Å². The number of nitrogens with zero attached hydrogens (tertiary/aromatic N) is 2. The van der Waals surface area contributed by atoms with Crippen LogP contribution in [0, 0.1) is 0 Å². The molecule has 0 bridgehead atoms. The summed E-state index contributed by atoms with van der Waals surface area (Å²) in [6.07, 6.45) is 13.3. The zero-order chi connectivity index (χ0) is 31.6. The Morgan fingerprint density at radius 2 is 1.40 bits per heavy atom. The van der Waals surface area contributed by atoms with E-state index in [0.717, 1.165) is 49.9 Å². The third kappa shape index (κ3) is 13.0. The summed E-state index contributed by atoms with van der Waals surface area (Å²) in [6.45, 7) is 3.32. The fourth-order valence-corrected chi connectivity index (χ4v) is 6.01. The smallest absolute Gasteiger partial charge is 0.870 e. The van der Waals surface area contributed by atoms with Crippen LogP contribution in [0.4, 0.5) is 17.1 Å². The van der Waals surface area contributed by atoms with Gasteiger partial charge in [0, 0.05) is 12.6 Å². The van der Waals surface area contributed by atoms with Gasteiger partial charge >= 0.3 is 59.1 Å². The molecule has 3 aromatic carbocycles.